The van der Waals surface area contributed by atoms with Crippen LogP contribution in [0.25, 0.3) is 22.3 Å². The van der Waals surface area contributed by atoms with Crippen LogP contribution in [0, 0.1) is 0 Å². The van der Waals surface area contributed by atoms with Gasteiger partial charge in [0.2, 0.25) is 0 Å². The highest BCUT2D eigenvalue weighted by atomic mass is 14.4. The van der Waals surface area contributed by atoms with Gasteiger partial charge in [-0.1, -0.05) is 88.4 Å². The molecule has 0 bridgehead atoms. The molecule has 0 N–H and O–H groups in total. The first kappa shape index (κ1) is 15.2. The summed E-state index contributed by atoms with van der Waals surface area (Å²) in [6.45, 7) is 9.15. The van der Waals surface area contributed by atoms with Crippen molar-refractivity contribution < 1.29 is 0 Å². The zero-order valence-corrected chi connectivity index (χ0v) is 14.9. The van der Waals surface area contributed by atoms with Crippen LogP contribution in [0.1, 0.15) is 50.3 Å². The van der Waals surface area contributed by atoms with Gasteiger partial charge in [-0.2, -0.15) is 0 Å². The van der Waals surface area contributed by atoms with Gasteiger partial charge in [-0.3, -0.25) is 0 Å². The third-order valence-corrected chi connectivity index (χ3v) is 5.49. The summed E-state index contributed by atoms with van der Waals surface area (Å²) in [5.74, 6) is 0.576. The molecular formula is C24H24. The lowest BCUT2D eigenvalue weighted by Crippen LogP contribution is -2.14. The quantitative estimate of drug-likeness (QED) is 0.489. The standard InChI is InChI=1S/C24H24/c1-16(2)17-9-11-18(12-10-17)19-13-14-21-20-7-5-6-8-22(20)24(3,4)23(21)15-19/h5-16H,1-4H3. The summed E-state index contributed by atoms with van der Waals surface area (Å²) in [5, 5.41) is 0. The molecule has 0 radical (unpaired) electrons. The molecule has 0 saturated carbocycles. The zero-order valence-electron chi connectivity index (χ0n) is 14.9. The van der Waals surface area contributed by atoms with Gasteiger partial charge in [-0.15, -0.1) is 0 Å². The highest BCUT2D eigenvalue weighted by Gasteiger charge is 2.35. The van der Waals surface area contributed by atoms with Crippen LogP contribution in [0.3, 0.4) is 0 Å². The van der Waals surface area contributed by atoms with Crippen molar-refractivity contribution in [2.45, 2.75) is 39.0 Å². The van der Waals surface area contributed by atoms with Crippen molar-refractivity contribution in [2.75, 3.05) is 0 Å². The van der Waals surface area contributed by atoms with Gasteiger partial charge >= 0.3 is 0 Å². The van der Waals surface area contributed by atoms with Crippen molar-refractivity contribution in [3.63, 3.8) is 0 Å². The third kappa shape index (κ3) is 2.21. The van der Waals surface area contributed by atoms with Gasteiger partial charge in [0.1, 0.15) is 0 Å². The molecule has 0 atom stereocenters. The lowest BCUT2D eigenvalue weighted by Gasteiger charge is -2.22. The number of rotatable bonds is 2. The van der Waals surface area contributed by atoms with Crippen LogP contribution in [-0.2, 0) is 5.41 Å². The first-order valence-electron chi connectivity index (χ1n) is 8.83. The van der Waals surface area contributed by atoms with Gasteiger partial charge in [0.05, 0.1) is 0 Å². The van der Waals surface area contributed by atoms with Gasteiger partial charge in [0, 0.05) is 5.41 Å². The fraction of sp³-hybridized carbons (Fsp3) is 0.250. The van der Waals surface area contributed by atoms with E-state index in [2.05, 4.69) is 94.4 Å². The van der Waals surface area contributed by atoms with E-state index in [9.17, 15) is 0 Å². The van der Waals surface area contributed by atoms with Crippen LogP contribution in [0.2, 0.25) is 0 Å². The van der Waals surface area contributed by atoms with Crippen molar-refractivity contribution in [3.8, 4) is 22.3 Å². The van der Waals surface area contributed by atoms with Gasteiger partial charge < -0.3 is 0 Å². The SMILES string of the molecule is CC(C)c1ccc(-c2ccc3c(c2)C(C)(C)c2ccccc2-3)cc1. The summed E-state index contributed by atoms with van der Waals surface area (Å²) < 4.78 is 0. The molecule has 0 aromatic heterocycles. The Kier molecular flexibility index (Phi) is 3.38. The minimum Gasteiger partial charge on any atom is -0.0619 e. The maximum absolute atomic E-state index is 2.39. The van der Waals surface area contributed by atoms with Crippen LogP contribution in [0.15, 0.2) is 66.7 Å². The molecule has 0 unspecified atom stereocenters. The predicted molar refractivity (Wildman–Crippen MR) is 104 cm³/mol. The Bertz CT molecular complexity index is 896. The molecule has 0 heteroatoms. The van der Waals surface area contributed by atoms with Crippen LogP contribution in [0.5, 0.6) is 0 Å². The Labute approximate surface area is 145 Å². The largest absolute Gasteiger partial charge is 0.0619 e. The van der Waals surface area contributed by atoms with Crippen molar-refractivity contribution >= 4 is 0 Å². The highest BCUT2D eigenvalue weighted by Crippen LogP contribution is 2.49. The Morgan fingerprint density at radius 3 is 2.00 bits per heavy atom. The fourth-order valence-corrected chi connectivity index (χ4v) is 3.94. The first-order valence-corrected chi connectivity index (χ1v) is 8.83. The predicted octanol–water partition coefficient (Wildman–Crippen LogP) is 6.78. The average Bonchev–Trinajstić information content (AvgIpc) is 2.83. The maximum atomic E-state index is 2.39. The van der Waals surface area contributed by atoms with Crippen LogP contribution >= 0.6 is 0 Å². The third-order valence-electron chi connectivity index (χ3n) is 5.49. The molecule has 1 aliphatic carbocycles. The Morgan fingerprint density at radius 1 is 0.667 bits per heavy atom. The molecule has 0 saturated heterocycles. The van der Waals surface area contributed by atoms with Crippen molar-refractivity contribution in [1.82, 2.24) is 0 Å². The summed E-state index contributed by atoms with van der Waals surface area (Å²) in [7, 11) is 0. The zero-order chi connectivity index (χ0) is 16.9. The lowest BCUT2D eigenvalue weighted by atomic mass is 9.81. The van der Waals surface area contributed by atoms with Crippen molar-refractivity contribution in [3.05, 3.63) is 83.4 Å². The van der Waals surface area contributed by atoms with E-state index in [0.717, 1.165) is 0 Å². The molecule has 0 fully saturated rings. The van der Waals surface area contributed by atoms with Crippen LogP contribution in [0.4, 0.5) is 0 Å². The molecule has 0 aliphatic heterocycles. The maximum Gasteiger partial charge on any atom is 0.0159 e. The van der Waals surface area contributed by atoms with E-state index < -0.39 is 0 Å². The second kappa shape index (κ2) is 5.34. The molecule has 24 heavy (non-hydrogen) atoms. The van der Waals surface area contributed by atoms with E-state index in [1.165, 1.54) is 38.9 Å². The van der Waals surface area contributed by atoms with Crippen molar-refractivity contribution in [2.24, 2.45) is 0 Å². The molecule has 0 heterocycles. The molecule has 120 valence electrons. The molecule has 3 aromatic rings. The highest BCUT2D eigenvalue weighted by molar-refractivity contribution is 5.83. The molecular weight excluding hydrogens is 288 g/mol. The second-order valence-electron chi connectivity index (χ2n) is 7.71. The molecule has 3 aromatic carbocycles. The van der Waals surface area contributed by atoms with E-state index in [0.29, 0.717) is 5.92 Å². The lowest BCUT2D eigenvalue weighted by molar-refractivity contribution is 0.660. The fourth-order valence-electron chi connectivity index (χ4n) is 3.94. The normalized spacial score (nSPS) is 14.5. The molecule has 0 spiro atoms. The molecule has 4 rings (SSSR count). The average molecular weight is 312 g/mol. The summed E-state index contributed by atoms with van der Waals surface area (Å²) >= 11 is 0. The monoisotopic (exact) mass is 312 g/mol. The first-order chi connectivity index (χ1) is 11.5. The van der Waals surface area contributed by atoms with Crippen LogP contribution in [-0.4, -0.2) is 0 Å². The van der Waals surface area contributed by atoms with Gasteiger partial charge in [-0.05, 0) is 50.9 Å². The van der Waals surface area contributed by atoms with Crippen LogP contribution < -0.4 is 0 Å². The summed E-state index contributed by atoms with van der Waals surface area (Å²) in [5.41, 5.74) is 9.73. The molecule has 0 amide bonds. The topological polar surface area (TPSA) is 0 Å². The smallest absolute Gasteiger partial charge is 0.0159 e. The van der Waals surface area contributed by atoms with E-state index in [1.54, 1.807) is 0 Å². The molecule has 1 aliphatic rings. The number of fused-ring (bicyclic) bond motifs is 3. The van der Waals surface area contributed by atoms with E-state index in [1.807, 2.05) is 0 Å². The minimum absolute atomic E-state index is 0.0693. The number of hydrogen-bond donors (Lipinski definition) is 0. The summed E-state index contributed by atoms with van der Waals surface area (Å²) in [6.07, 6.45) is 0. The number of benzene rings is 3. The Hall–Kier alpha value is -2.34. The van der Waals surface area contributed by atoms with Crippen molar-refractivity contribution in [1.29, 1.82) is 0 Å². The van der Waals surface area contributed by atoms with Gasteiger partial charge in [-0.25, -0.2) is 0 Å². The van der Waals surface area contributed by atoms with Gasteiger partial charge in [0.15, 0.2) is 0 Å². The second-order valence-corrected chi connectivity index (χ2v) is 7.71. The van der Waals surface area contributed by atoms with E-state index >= 15 is 0 Å². The Morgan fingerprint density at radius 2 is 1.29 bits per heavy atom. The van der Waals surface area contributed by atoms with Gasteiger partial charge in [0.25, 0.3) is 0 Å². The number of hydrogen-bond acceptors (Lipinski definition) is 0. The summed E-state index contributed by atoms with van der Waals surface area (Å²) in [4.78, 5) is 0. The van der Waals surface area contributed by atoms with E-state index in [4.69, 9.17) is 0 Å². The molecule has 0 nitrogen and oxygen atoms in total. The minimum atomic E-state index is 0.0693. The summed E-state index contributed by atoms with van der Waals surface area (Å²) in [6, 6.07) is 24.8. The van der Waals surface area contributed by atoms with E-state index in [-0.39, 0.29) is 5.41 Å². The Balaban J connectivity index is 1.82.